The Morgan fingerprint density at radius 2 is 1.82 bits per heavy atom. The lowest BCUT2D eigenvalue weighted by atomic mass is 10.3. The number of amides is 1. The summed E-state index contributed by atoms with van der Waals surface area (Å²) >= 11 is 12.1. The Kier molecular flexibility index (Phi) is 6.36. The fourth-order valence-corrected chi connectivity index (χ4v) is 2.48. The van der Waals surface area contributed by atoms with E-state index in [2.05, 4.69) is 26.1 Å². The molecule has 0 radical (unpaired) electrons. The van der Waals surface area contributed by atoms with Gasteiger partial charge in [-0.1, -0.05) is 41.4 Å². The molecule has 0 unspecified atom stereocenters. The molecule has 3 rings (SSSR count). The van der Waals surface area contributed by atoms with Crippen LogP contribution in [0.25, 0.3) is 0 Å². The number of nitrogens with one attached hydrogen (secondary N) is 3. The van der Waals surface area contributed by atoms with Crippen molar-refractivity contribution in [1.82, 2.24) is 15.4 Å². The summed E-state index contributed by atoms with van der Waals surface area (Å²) in [5.74, 6) is 0.693. The first-order valence-corrected chi connectivity index (χ1v) is 8.84. The number of hydrazine groups is 1. The zero-order valence-corrected chi connectivity index (χ0v) is 16.0. The largest absolute Gasteiger partial charge is 0.484 e. The minimum Gasteiger partial charge on any atom is -0.484 e. The molecule has 0 aliphatic rings. The molecule has 1 heterocycles. The summed E-state index contributed by atoms with van der Waals surface area (Å²) in [6.45, 7) is -0.175. The Morgan fingerprint density at radius 3 is 2.61 bits per heavy atom. The van der Waals surface area contributed by atoms with E-state index in [1.165, 1.54) is 6.33 Å². The highest BCUT2D eigenvalue weighted by molar-refractivity contribution is 6.35. The SMILES string of the molecule is Nc1c(NNC(=O)COc2ccccc2)ncnc1Nc1cc(Cl)ccc1Cl. The van der Waals surface area contributed by atoms with Gasteiger partial charge in [0.05, 0.1) is 10.7 Å². The van der Waals surface area contributed by atoms with Crippen LogP contribution in [-0.4, -0.2) is 22.5 Å². The van der Waals surface area contributed by atoms with Crippen LogP contribution < -0.4 is 26.6 Å². The highest BCUT2D eigenvalue weighted by Gasteiger charge is 2.11. The van der Waals surface area contributed by atoms with E-state index in [0.717, 1.165) is 0 Å². The average Bonchev–Trinajstić information content (AvgIpc) is 2.70. The number of hydrogen-bond acceptors (Lipinski definition) is 7. The zero-order valence-electron chi connectivity index (χ0n) is 14.4. The van der Waals surface area contributed by atoms with Gasteiger partial charge in [-0.15, -0.1) is 0 Å². The number of halogens is 2. The second kappa shape index (κ2) is 9.12. The van der Waals surface area contributed by atoms with Gasteiger partial charge in [0.2, 0.25) is 0 Å². The highest BCUT2D eigenvalue weighted by atomic mass is 35.5. The lowest BCUT2D eigenvalue weighted by Crippen LogP contribution is -2.34. The zero-order chi connectivity index (χ0) is 19.9. The van der Waals surface area contributed by atoms with Crippen molar-refractivity contribution in [3.8, 4) is 5.75 Å². The van der Waals surface area contributed by atoms with Crippen LogP contribution in [0.1, 0.15) is 0 Å². The smallest absolute Gasteiger partial charge is 0.276 e. The van der Waals surface area contributed by atoms with E-state index >= 15 is 0 Å². The predicted molar refractivity (Wildman–Crippen MR) is 110 cm³/mol. The number of para-hydroxylation sites is 1. The van der Waals surface area contributed by atoms with E-state index in [-0.39, 0.29) is 18.1 Å². The van der Waals surface area contributed by atoms with E-state index in [4.69, 9.17) is 33.7 Å². The molecule has 0 atom stereocenters. The third kappa shape index (κ3) is 5.15. The molecule has 3 aromatic rings. The first kappa shape index (κ1) is 19.5. The van der Waals surface area contributed by atoms with Crippen LogP contribution in [0.15, 0.2) is 54.9 Å². The number of nitrogens with two attached hydrogens (primary N) is 1. The fraction of sp³-hybridized carbons (Fsp3) is 0.0556. The van der Waals surface area contributed by atoms with Gasteiger partial charge < -0.3 is 15.8 Å². The molecule has 2 aromatic carbocycles. The minimum atomic E-state index is -0.408. The van der Waals surface area contributed by atoms with Gasteiger partial charge in [0.15, 0.2) is 18.2 Å². The van der Waals surface area contributed by atoms with Crippen LogP contribution in [0.4, 0.5) is 23.0 Å². The molecule has 8 nitrogen and oxygen atoms in total. The minimum absolute atomic E-state index is 0.175. The number of carbonyl (C=O) groups excluding carboxylic acids is 1. The van der Waals surface area contributed by atoms with Crippen LogP contribution in [-0.2, 0) is 4.79 Å². The molecular weight excluding hydrogens is 403 g/mol. The summed E-state index contributed by atoms with van der Waals surface area (Å²) in [6, 6.07) is 13.9. The first-order chi connectivity index (χ1) is 13.5. The van der Waals surface area contributed by atoms with Gasteiger partial charge in [0.1, 0.15) is 17.8 Å². The Bertz CT molecular complexity index is 972. The van der Waals surface area contributed by atoms with Crippen molar-refractivity contribution in [2.75, 3.05) is 23.1 Å². The summed E-state index contributed by atoms with van der Waals surface area (Å²) in [4.78, 5) is 20.0. The fourth-order valence-electron chi connectivity index (χ4n) is 2.15. The summed E-state index contributed by atoms with van der Waals surface area (Å²) in [6.07, 6.45) is 1.28. The molecule has 1 aromatic heterocycles. The molecule has 28 heavy (non-hydrogen) atoms. The van der Waals surface area contributed by atoms with Crippen molar-refractivity contribution in [1.29, 1.82) is 0 Å². The van der Waals surface area contributed by atoms with Crippen LogP contribution in [0, 0.1) is 0 Å². The number of carbonyl (C=O) groups is 1. The maximum absolute atomic E-state index is 11.9. The van der Waals surface area contributed by atoms with Crippen LogP contribution in [0.2, 0.25) is 10.0 Å². The quantitative estimate of drug-likeness (QED) is 0.433. The van der Waals surface area contributed by atoms with E-state index in [1.807, 2.05) is 18.2 Å². The average molecular weight is 419 g/mol. The highest BCUT2D eigenvalue weighted by Crippen LogP contribution is 2.31. The second-order valence-corrected chi connectivity index (χ2v) is 6.35. The Morgan fingerprint density at radius 1 is 1.07 bits per heavy atom. The molecule has 1 amide bonds. The normalized spacial score (nSPS) is 10.2. The van der Waals surface area contributed by atoms with Gasteiger partial charge in [-0.2, -0.15) is 0 Å². The third-order valence-corrected chi connectivity index (χ3v) is 4.06. The maximum Gasteiger partial charge on any atom is 0.276 e. The monoisotopic (exact) mass is 418 g/mol. The molecule has 0 fully saturated rings. The van der Waals surface area contributed by atoms with E-state index in [9.17, 15) is 4.79 Å². The molecular formula is C18H16Cl2N6O2. The van der Waals surface area contributed by atoms with Gasteiger partial charge in [-0.3, -0.25) is 15.6 Å². The summed E-state index contributed by atoms with van der Waals surface area (Å²) in [5.41, 5.74) is 11.9. The number of ether oxygens (including phenoxy) is 1. The predicted octanol–water partition coefficient (Wildman–Crippen LogP) is 3.63. The third-order valence-electron chi connectivity index (χ3n) is 3.50. The molecule has 0 saturated carbocycles. The van der Waals surface area contributed by atoms with Crippen molar-refractivity contribution < 1.29 is 9.53 Å². The van der Waals surface area contributed by atoms with E-state index < -0.39 is 5.91 Å². The van der Waals surface area contributed by atoms with Crippen molar-refractivity contribution in [3.63, 3.8) is 0 Å². The molecule has 0 aliphatic heterocycles. The number of nitrogen functional groups attached to an aromatic ring is 1. The van der Waals surface area contributed by atoms with E-state index in [1.54, 1.807) is 30.3 Å². The Hall–Kier alpha value is -3.23. The van der Waals surface area contributed by atoms with Crippen LogP contribution >= 0.6 is 23.2 Å². The van der Waals surface area contributed by atoms with Gasteiger partial charge in [0.25, 0.3) is 5.91 Å². The molecule has 144 valence electrons. The number of nitrogens with zero attached hydrogens (tertiary/aromatic N) is 2. The standard InChI is InChI=1S/C18H16Cl2N6O2/c19-11-6-7-13(20)14(8-11)24-17-16(21)18(23-10-22-17)26-25-15(27)9-28-12-4-2-1-3-5-12/h1-8,10H,9,21H2,(H,25,27)(H2,22,23,24,26). The number of anilines is 4. The lowest BCUT2D eigenvalue weighted by molar-refractivity contribution is -0.122. The lowest BCUT2D eigenvalue weighted by Gasteiger charge is -2.14. The molecule has 10 heteroatoms. The molecule has 0 spiro atoms. The number of benzene rings is 2. The number of hydrogen-bond donors (Lipinski definition) is 4. The maximum atomic E-state index is 11.9. The topological polar surface area (TPSA) is 114 Å². The van der Waals surface area contributed by atoms with E-state index in [0.29, 0.717) is 27.3 Å². The van der Waals surface area contributed by atoms with Gasteiger partial charge in [-0.25, -0.2) is 9.97 Å². The Balaban J connectivity index is 1.61. The van der Waals surface area contributed by atoms with Crippen molar-refractivity contribution in [2.45, 2.75) is 0 Å². The summed E-state index contributed by atoms with van der Waals surface area (Å²) in [7, 11) is 0. The number of aromatic nitrogens is 2. The van der Waals surface area contributed by atoms with Crippen LogP contribution in [0.5, 0.6) is 5.75 Å². The summed E-state index contributed by atoms with van der Waals surface area (Å²) < 4.78 is 5.36. The second-order valence-electron chi connectivity index (χ2n) is 5.51. The Labute approximate surface area is 171 Å². The molecule has 0 saturated heterocycles. The van der Waals surface area contributed by atoms with Gasteiger partial charge >= 0.3 is 0 Å². The number of rotatable bonds is 7. The van der Waals surface area contributed by atoms with Crippen molar-refractivity contribution in [3.05, 3.63) is 64.9 Å². The molecule has 0 bridgehead atoms. The van der Waals surface area contributed by atoms with Gasteiger partial charge in [0, 0.05) is 5.02 Å². The van der Waals surface area contributed by atoms with Crippen molar-refractivity contribution >= 4 is 52.1 Å². The van der Waals surface area contributed by atoms with Gasteiger partial charge in [-0.05, 0) is 30.3 Å². The molecule has 0 aliphatic carbocycles. The first-order valence-electron chi connectivity index (χ1n) is 8.08. The molecule has 5 N–H and O–H groups in total. The van der Waals surface area contributed by atoms with Crippen LogP contribution in [0.3, 0.4) is 0 Å². The summed E-state index contributed by atoms with van der Waals surface area (Å²) in [5, 5.41) is 3.94. The van der Waals surface area contributed by atoms with Crippen molar-refractivity contribution in [2.24, 2.45) is 0 Å².